The number of anilines is 3. The molecule has 4 rings (SSSR count). The Kier molecular flexibility index (Phi) is 4.98. The van der Waals surface area contributed by atoms with Gasteiger partial charge in [0.25, 0.3) is 5.91 Å². The Balaban J connectivity index is 1.67. The van der Waals surface area contributed by atoms with E-state index in [1.807, 2.05) is 24.3 Å². The van der Waals surface area contributed by atoms with Crippen molar-refractivity contribution in [1.29, 1.82) is 0 Å². The predicted molar refractivity (Wildman–Crippen MR) is 107 cm³/mol. The second-order valence-electron chi connectivity index (χ2n) is 6.93. The first-order chi connectivity index (χ1) is 13.6. The average Bonchev–Trinajstić information content (AvgIpc) is 2.70. The quantitative estimate of drug-likeness (QED) is 0.527. The lowest BCUT2D eigenvalue weighted by Crippen LogP contribution is -2.43. The Morgan fingerprint density at radius 2 is 1.93 bits per heavy atom. The van der Waals surface area contributed by atoms with Crippen molar-refractivity contribution in [3.63, 3.8) is 0 Å². The Bertz CT molecular complexity index is 1000. The zero-order valence-electron chi connectivity index (χ0n) is 15.3. The third-order valence-electron chi connectivity index (χ3n) is 4.98. The summed E-state index contributed by atoms with van der Waals surface area (Å²) in [4.78, 5) is 20.5. The summed E-state index contributed by atoms with van der Waals surface area (Å²) in [6.07, 6.45) is 7.56. The zero-order chi connectivity index (χ0) is 19.5. The van der Waals surface area contributed by atoms with Gasteiger partial charge in [0.05, 0.1) is 11.9 Å². The minimum absolute atomic E-state index is 0.0341. The molecule has 1 aromatic carbocycles. The molecule has 2 aromatic heterocycles. The van der Waals surface area contributed by atoms with Crippen LogP contribution in [-0.2, 0) is 0 Å². The number of benzene rings is 1. The van der Waals surface area contributed by atoms with Crippen LogP contribution in [0.15, 0.2) is 36.7 Å². The van der Waals surface area contributed by atoms with Crippen molar-refractivity contribution in [2.75, 3.05) is 10.6 Å². The molecule has 3 aromatic rings. The van der Waals surface area contributed by atoms with Gasteiger partial charge in [-0.3, -0.25) is 9.78 Å². The number of nitrogens with two attached hydrogens (primary N) is 2. The van der Waals surface area contributed by atoms with Crippen LogP contribution in [0.1, 0.15) is 36.2 Å². The number of pyridine rings is 1. The zero-order valence-corrected chi connectivity index (χ0v) is 15.3. The molecule has 0 radical (unpaired) electrons. The van der Waals surface area contributed by atoms with Gasteiger partial charge in [0.2, 0.25) is 5.95 Å². The summed E-state index contributed by atoms with van der Waals surface area (Å²) < 4.78 is 0. The molecule has 144 valence electrons. The lowest BCUT2D eigenvalue weighted by atomic mass is 9.91. The van der Waals surface area contributed by atoms with Gasteiger partial charge in [0, 0.05) is 29.1 Å². The molecule has 28 heavy (non-hydrogen) atoms. The lowest BCUT2D eigenvalue weighted by molar-refractivity contribution is 0.0995. The number of carbonyl (C=O) groups excluding carboxylic acids is 1. The fraction of sp³-hybridized carbons (Fsp3) is 0.316. The highest BCUT2D eigenvalue weighted by Crippen LogP contribution is 2.26. The van der Waals surface area contributed by atoms with Crippen LogP contribution in [0.2, 0.25) is 0 Å². The maximum Gasteiger partial charge on any atom is 0.273 e. The molecule has 1 aliphatic carbocycles. The molecule has 1 fully saturated rings. The maximum atomic E-state index is 11.8. The molecular weight excluding hydrogens is 356 g/mol. The van der Waals surface area contributed by atoms with Crippen LogP contribution in [0.25, 0.3) is 10.8 Å². The third-order valence-corrected chi connectivity index (χ3v) is 4.98. The van der Waals surface area contributed by atoms with Gasteiger partial charge in [-0.25, -0.2) is 0 Å². The highest BCUT2D eigenvalue weighted by atomic mass is 16.1. The van der Waals surface area contributed by atoms with Gasteiger partial charge in [0.15, 0.2) is 11.5 Å². The SMILES string of the molecule is NC(=O)c1nnc(N[C@@H]2CCCC[C@@H]2N)nc1Nc1cncc2ccccc12. The number of nitrogens with one attached hydrogen (secondary N) is 2. The van der Waals surface area contributed by atoms with Gasteiger partial charge < -0.3 is 22.1 Å². The molecule has 1 saturated carbocycles. The predicted octanol–water partition coefficient (Wildman–Crippen LogP) is 1.94. The Morgan fingerprint density at radius 1 is 1.11 bits per heavy atom. The van der Waals surface area contributed by atoms with Gasteiger partial charge in [-0.15, -0.1) is 10.2 Å². The Labute approximate surface area is 162 Å². The summed E-state index contributed by atoms with van der Waals surface area (Å²) in [5.41, 5.74) is 12.3. The fourth-order valence-corrected chi connectivity index (χ4v) is 3.49. The summed E-state index contributed by atoms with van der Waals surface area (Å²) in [6.45, 7) is 0. The summed E-state index contributed by atoms with van der Waals surface area (Å²) in [7, 11) is 0. The standard InChI is InChI=1S/C19H22N8O/c20-13-7-3-4-8-14(13)24-19-25-18(16(17(21)28)26-27-19)23-15-10-22-9-11-5-1-2-6-12(11)15/h1-2,5-6,9-10,13-14H,3-4,7-8,20H2,(H2,21,28)(H2,23,24,25,27)/t13-,14+/m0/s1. The number of hydrogen-bond acceptors (Lipinski definition) is 8. The number of rotatable bonds is 5. The Hall–Kier alpha value is -3.33. The highest BCUT2D eigenvalue weighted by molar-refractivity contribution is 5.99. The van der Waals surface area contributed by atoms with E-state index >= 15 is 0 Å². The van der Waals surface area contributed by atoms with E-state index < -0.39 is 5.91 Å². The normalized spacial score (nSPS) is 19.3. The number of amides is 1. The van der Waals surface area contributed by atoms with E-state index in [2.05, 4.69) is 30.8 Å². The molecule has 0 saturated heterocycles. The first-order valence-corrected chi connectivity index (χ1v) is 9.28. The molecule has 9 heteroatoms. The largest absolute Gasteiger partial charge is 0.364 e. The number of hydrogen-bond donors (Lipinski definition) is 4. The second kappa shape index (κ2) is 7.73. The van der Waals surface area contributed by atoms with Crippen molar-refractivity contribution >= 4 is 34.1 Å². The van der Waals surface area contributed by atoms with Gasteiger partial charge in [-0.2, -0.15) is 4.98 Å². The molecule has 9 nitrogen and oxygen atoms in total. The van der Waals surface area contributed by atoms with Crippen molar-refractivity contribution in [1.82, 2.24) is 20.2 Å². The summed E-state index contributed by atoms with van der Waals surface area (Å²) in [5.74, 6) is -0.174. The van der Waals surface area contributed by atoms with Crippen molar-refractivity contribution < 1.29 is 4.79 Å². The van der Waals surface area contributed by atoms with Gasteiger partial charge in [-0.1, -0.05) is 37.1 Å². The number of carbonyl (C=O) groups is 1. The van der Waals surface area contributed by atoms with E-state index in [0.717, 1.165) is 36.5 Å². The average molecular weight is 378 g/mol. The Morgan fingerprint density at radius 3 is 2.75 bits per heavy atom. The van der Waals surface area contributed by atoms with Crippen LogP contribution in [-0.4, -0.2) is 38.2 Å². The van der Waals surface area contributed by atoms with E-state index in [1.54, 1.807) is 12.4 Å². The smallest absolute Gasteiger partial charge is 0.273 e. The molecule has 1 amide bonds. The number of nitrogens with zero attached hydrogens (tertiary/aromatic N) is 4. The molecule has 0 aliphatic heterocycles. The lowest BCUT2D eigenvalue weighted by Gasteiger charge is -2.29. The van der Waals surface area contributed by atoms with Crippen molar-refractivity contribution in [3.05, 3.63) is 42.4 Å². The molecule has 2 atom stereocenters. The number of aromatic nitrogens is 4. The molecule has 0 spiro atoms. The van der Waals surface area contributed by atoms with E-state index in [1.165, 1.54) is 0 Å². The number of fused-ring (bicyclic) bond motifs is 1. The number of primary amides is 1. The van der Waals surface area contributed by atoms with Gasteiger partial charge in [-0.05, 0) is 12.8 Å². The van der Waals surface area contributed by atoms with Crippen LogP contribution < -0.4 is 22.1 Å². The van der Waals surface area contributed by atoms with Crippen LogP contribution in [0, 0.1) is 0 Å². The summed E-state index contributed by atoms with van der Waals surface area (Å²) in [6, 6.07) is 7.88. The minimum atomic E-state index is -0.711. The first-order valence-electron chi connectivity index (χ1n) is 9.28. The first kappa shape index (κ1) is 18.1. The van der Waals surface area contributed by atoms with Crippen LogP contribution in [0.5, 0.6) is 0 Å². The van der Waals surface area contributed by atoms with E-state index in [-0.39, 0.29) is 23.6 Å². The fourth-order valence-electron chi connectivity index (χ4n) is 3.49. The van der Waals surface area contributed by atoms with Crippen LogP contribution >= 0.6 is 0 Å². The van der Waals surface area contributed by atoms with E-state index in [0.29, 0.717) is 11.6 Å². The molecule has 0 unspecified atom stereocenters. The van der Waals surface area contributed by atoms with Gasteiger partial charge in [0.1, 0.15) is 0 Å². The topological polar surface area (TPSA) is 145 Å². The highest BCUT2D eigenvalue weighted by Gasteiger charge is 2.23. The maximum absolute atomic E-state index is 11.8. The second-order valence-corrected chi connectivity index (χ2v) is 6.93. The molecule has 1 aliphatic rings. The van der Waals surface area contributed by atoms with E-state index in [9.17, 15) is 4.79 Å². The van der Waals surface area contributed by atoms with Crippen molar-refractivity contribution in [2.24, 2.45) is 11.5 Å². The van der Waals surface area contributed by atoms with Crippen LogP contribution in [0.3, 0.4) is 0 Å². The molecular formula is C19H22N8O. The summed E-state index contributed by atoms with van der Waals surface area (Å²) in [5, 5.41) is 16.3. The molecule has 6 N–H and O–H groups in total. The third kappa shape index (κ3) is 3.70. The molecule has 0 bridgehead atoms. The van der Waals surface area contributed by atoms with Gasteiger partial charge >= 0.3 is 0 Å². The van der Waals surface area contributed by atoms with Crippen LogP contribution in [0.4, 0.5) is 17.5 Å². The van der Waals surface area contributed by atoms with Crippen molar-refractivity contribution in [3.8, 4) is 0 Å². The molecule has 2 heterocycles. The minimum Gasteiger partial charge on any atom is -0.364 e. The monoisotopic (exact) mass is 378 g/mol. The van der Waals surface area contributed by atoms with Crippen molar-refractivity contribution in [2.45, 2.75) is 37.8 Å². The van der Waals surface area contributed by atoms with E-state index in [4.69, 9.17) is 11.5 Å². The summed E-state index contributed by atoms with van der Waals surface area (Å²) >= 11 is 0.